The lowest BCUT2D eigenvalue weighted by Gasteiger charge is -2.08. The smallest absolute Gasteiger partial charge is 0.145 e. The topological polar surface area (TPSA) is 59.0 Å². The van der Waals surface area contributed by atoms with E-state index in [2.05, 4.69) is 0 Å². The number of rotatable bonds is 2. The maximum absolute atomic E-state index is 12.9. The van der Waals surface area contributed by atoms with E-state index in [4.69, 9.17) is 27.3 Å². The van der Waals surface area contributed by atoms with Gasteiger partial charge in [0.25, 0.3) is 0 Å². The van der Waals surface area contributed by atoms with Crippen LogP contribution in [0.1, 0.15) is 5.56 Å². The Morgan fingerprint density at radius 2 is 2.00 bits per heavy atom. The average Bonchev–Trinajstić information content (AvgIpc) is 2.36. The van der Waals surface area contributed by atoms with Crippen molar-refractivity contribution in [2.45, 2.75) is 0 Å². The van der Waals surface area contributed by atoms with E-state index in [0.29, 0.717) is 16.5 Å². The standard InChI is InChI=1S/C13H8ClFN2O/c14-11-6-10(2-3-12(11)17)18-13-4-1-9(15)5-8(13)7-16/h1-6H,17H2. The van der Waals surface area contributed by atoms with E-state index in [1.165, 1.54) is 18.2 Å². The lowest BCUT2D eigenvalue weighted by Crippen LogP contribution is -1.91. The van der Waals surface area contributed by atoms with Crippen LogP contribution < -0.4 is 10.5 Å². The van der Waals surface area contributed by atoms with Crippen molar-refractivity contribution in [3.8, 4) is 17.6 Å². The van der Waals surface area contributed by atoms with Gasteiger partial charge in [-0.05, 0) is 30.3 Å². The van der Waals surface area contributed by atoms with Gasteiger partial charge in [0, 0.05) is 6.07 Å². The first kappa shape index (κ1) is 12.2. The molecule has 2 N–H and O–H groups in total. The van der Waals surface area contributed by atoms with Gasteiger partial charge in [-0.3, -0.25) is 0 Å². The molecule has 0 radical (unpaired) electrons. The van der Waals surface area contributed by atoms with Gasteiger partial charge in [-0.25, -0.2) is 4.39 Å². The van der Waals surface area contributed by atoms with E-state index in [1.54, 1.807) is 12.1 Å². The number of halogens is 2. The van der Waals surface area contributed by atoms with Crippen LogP contribution in [0.5, 0.6) is 11.5 Å². The fourth-order valence-electron chi connectivity index (χ4n) is 1.38. The highest BCUT2D eigenvalue weighted by Crippen LogP contribution is 2.29. The van der Waals surface area contributed by atoms with Crippen molar-refractivity contribution < 1.29 is 9.13 Å². The minimum Gasteiger partial charge on any atom is -0.456 e. The molecular formula is C13H8ClFN2O. The fraction of sp³-hybridized carbons (Fsp3) is 0. The minimum atomic E-state index is -0.491. The number of nitrogen functional groups attached to an aromatic ring is 1. The van der Waals surface area contributed by atoms with Gasteiger partial charge < -0.3 is 10.5 Å². The zero-order valence-corrected chi connectivity index (χ0v) is 9.91. The number of nitrogens with two attached hydrogens (primary N) is 1. The van der Waals surface area contributed by atoms with Crippen molar-refractivity contribution in [1.82, 2.24) is 0 Å². The Bertz CT molecular complexity index is 637. The zero-order valence-electron chi connectivity index (χ0n) is 9.15. The molecule has 90 valence electrons. The molecule has 0 saturated carbocycles. The summed E-state index contributed by atoms with van der Waals surface area (Å²) in [5.41, 5.74) is 6.12. The van der Waals surface area contributed by atoms with Gasteiger partial charge in [-0.15, -0.1) is 0 Å². The summed E-state index contributed by atoms with van der Waals surface area (Å²) in [6, 6.07) is 10.3. The van der Waals surface area contributed by atoms with Gasteiger partial charge in [-0.1, -0.05) is 11.6 Å². The van der Waals surface area contributed by atoms with Crippen LogP contribution in [-0.4, -0.2) is 0 Å². The summed E-state index contributed by atoms with van der Waals surface area (Å²) < 4.78 is 18.4. The first-order valence-corrected chi connectivity index (χ1v) is 5.40. The average molecular weight is 263 g/mol. The van der Waals surface area contributed by atoms with E-state index < -0.39 is 5.82 Å². The van der Waals surface area contributed by atoms with Crippen LogP contribution in [0, 0.1) is 17.1 Å². The van der Waals surface area contributed by atoms with Crippen LogP contribution >= 0.6 is 11.6 Å². The summed E-state index contributed by atoms with van der Waals surface area (Å²) in [6.07, 6.45) is 0. The highest BCUT2D eigenvalue weighted by Gasteiger charge is 2.07. The molecule has 0 bridgehead atoms. The van der Waals surface area contributed by atoms with Gasteiger partial charge in [-0.2, -0.15) is 5.26 Å². The molecule has 0 amide bonds. The lowest BCUT2D eigenvalue weighted by atomic mass is 10.2. The van der Waals surface area contributed by atoms with Gasteiger partial charge in [0.2, 0.25) is 0 Å². The molecule has 0 atom stereocenters. The summed E-state index contributed by atoms with van der Waals surface area (Å²) >= 11 is 5.85. The summed E-state index contributed by atoms with van der Waals surface area (Å²) in [5.74, 6) is 0.200. The third-order valence-corrected chi connectivity index (χ3v) is 2.59. The molecule has 0 spiro atoms. The quantitative estimate of drug-likeness (QED) is 0.839. The van der Waals surface area contributed by atoms with E-state index in [9.17, 15) is 4.39 Å². The number of benzene rings is 2. The maximum atomic E-state index is 12.9. The molecule has 0 fully saturated rings. The Morgan fingerprint density at radius 3 is 2.67 bits per heavy atom. The predicted molar refractivity (Wildman–Crippen MR) is 67.1 cm³/mol. The molecule has 0 aliphatic carbocycles. The SMILES string of the molecule is N#Cc1cc(F)ccc1Oc1ccc(N)c(Cl)c1. The highest BCUT2D eigenvalue weighted by atomic mass is 35.5. The molecule has 2 aromatic carbocycles. The van der Waals surface area contributed by atoms with Gasteiger partial charge in [0.1, 0.15) is 23.4 Å². The van der Waals surface area contributed by atoms with Crippen molar-refractivity contribution in [2.75, 3.05) is 5.73 Å². The second-order valence-corrected chi connectivity index (χ2v) is 3.94. The molecule has 0 heterocycles. The third-order valence-electron chi connectivity index (χ3n) is 2.26. The predicted octanol–water partition coefficient (Wildman–Crippen LogP) is 3.73. The molecule has 5 heteroatoms. The van der Waals surface area contributed by atoms with Crippen LogP contribution in [0.25, 0.3) is 0 Å². The molecule has 2 rings (SSSR count). The largest absolute Gasteiger partial charge is 0.456 e. The van der Waals surface area contributed by atoms with Crippen LogP contribution in [0.15, 0.2) is 36.4 Å². The number of nitriles is 1. The minimum absolute atomic E-state index is 0.114. The zero-order chi connectivity index (χ0) is 13.1. The van der Waals surface area contributed by atoms with Crippen molar-refractivity contribution in [1.29, 1.82) is 5.26 Å². The van der Waals surface area contributed by atoms with Crippen molar-refractivity contribution in [2.24, 2.45) is 0 Å². The number of ether oxygens (including phenoxy) is 1. The monoisotopic (exact) mass is 262 g/mol. The summed E-state index contributed by atoms with van der Waals surface area (Å²) in [5, 5.41) is 9.23. The summed E-state index contributed by atoms with van der Waals surface area (Å²) in [7, 11) is 0. The van der Waals surface area contributed by atoms with Crippen LogP contribution in [0.4, 0.5) is 10.1 Å². The fourth-order valence-corrected chi connectivity index (χ4v) is 1.55. The van der Waals surface area contributed by atoms with Crippen LogP contribution in [-0.2, 0) is 0 Å². The normalized spacial score (nSPS) is 9.83. The number of anilines is 1. The first-order chi connectivity index (χ1) is 8.60. The Morgan fingerprint density at radius 1 is 1.22 bits per heavy atom. The second kappa shape index (κ2) is 4.94. The highest BCUT2D eigenvalue weighted by molar-refractivity contribution is 6.33. The van der Waals surface area contributed by atoms with E-state index in [-0.39, 0.29) is 11.3 Å². The molecule has 3 nitrogen and oxygen atoms in total. The number of hydrogen-bond donors (Lipinski definition) is 1. The van der Waals surface area contributed by atoms with E-state index >= 15 is 0 Å². The van der Waals surface area contributed by atoms with Gasteiger partial charge >= 0.3 is 0 Å². The summed E-state index contributed by atoms with van der Waals surface area (Å²) in [6.45, 7) is 0. The number of hydrogen-bond acceptors (Lipinski definition) is 3. The Labute approximate surface area is 108 Å². The molecular weight excluding hydrogens is 255 g/mol. The Hall–Kier alpha value is -2.25. The van der Waals surface area contributed by atoms with Crippen molar-refractivity contribution in [3.05, 3.63) is 52.8 Å². The maximum Gasteiger partial charge on any atom is 0.145 e. The van der Waals surface area contributed by atoms with Crippen molar-refractivity contribution in [3.63, 3.8) is 0 Å². The van der Waals surface area contributed by atoms with Gasteiger partial charge in [0.15, 0.2) is 0 Å². The van der Waals surface area contributed by atoms with E-state index in [0.717, 1.165) is 6.07 Å². The van der Waals surface area contributed by atoms with Crippen LogP contribution in [0.2, 0.25) is 5.02 Å². The molecule has 0 saturated heterocycles. The molecule has 0 aromatic heterocycles. The molecule has 2 aromatic rings. The molecule has 0 unspecified atom stereocenters. The Kier molecular flexibility index (Phi) is 3.35. The first-order valence-electron chi connectivity index (χ1n) is 5.02. The molecule has 18 heavy (non-hydrogen) atoms. The van der Waals surface area contributed by atoms with E-state index in [1.807, 2.05) is 6.07 Å². The summed E-state index contributed by atoms with van der Waals surface area (Å²) in [4.78, 5) is 0. The lowest BCUT2D eigenvalue weighted by molar-refractivity contribution is 0.479. The Balaban J connectivity index is 2.34. The van der Waals surface area contributed by atoms with Gasteiger partial charge in [0.05, 0.1) is 16.3 Å². The second-order valence-electron chi connectivity index (χ2n) is 3.54. The molecule has 0 aliphatic rings. The number of nitrogens with zero attached hydrogens (tertiary/aromatic N) is 1. The third kappa shape index (κ3) is 2.53. The van der Waals surface area contributed by atoms with Crippen molar-refractivity contribution >= 4 is 17.3 Å². The molecule has 0 aliphatic heterocycles. The van der Waals surface area contributed by atoms with Crippen LogP contribution in [0.3, 0.4) is 0 Å².